The van der Waals surface area contributed by atoms with Crippen LogP contribution in [0.25, 0.3) is 5.95 Å². The molecule has 0 bridgehead atoms. The van der Waals surface area contributed by atoms with Crippen LogP contribution < -0.4 is 16.0 Å². The first-order chi connectivity index (χ1) is 15.1. The third kappa shape index (κ3) is 5.48. The number of hydrogen-bond donors (Lipinski definition) is 3. The van der Waals surface area contributed by atoms with Gasteiger partial charge in [0.1, 0.15) is 0 Å². The molecule has 0 radical (unpaired) electrons. The van der Waals surface area contributed by atoms with E-state index >= 15 is 0 Å². The Hall–Kier alpha value is -3.75. The SMILES string of the molecule is Cc1cc(C)nc(-n2nc(C)c(CC(=O)Nc3ccccc3NC(=O)NC(C)C)c2C)n1. The number of aryl methyl sites for hydroxylation is 3. The molecule has 0 unspecified atom stereocenters. The van der Waals surface area contributed by atoms with Crippen LogP contribution in [0.15, 0.2) is 30.3 Å². The third-order valence-electron chi connectivity index (χ3n) is 4.81. The monoisotopic (exact) mass is 435 g/mol. The van der Waals surface area contributed by atoms with Gasteiger partial charge in [-0.1, -0.05) is 12.1 Å². The fraction of sp³-hybridized carbons (Fsp3) is 0.348. The molecule has 0 aliphatic carbocycles. The fourth-order valence-electron chi connectivity index (χ4n) is 3.40. The molecule has 2 heterocycles. The molecule has 9 heteroatoms. The molecule has 3 aromatic rings. The molecule has 9 nitrogen and oxygen atoms in total. The summed E-state index contributed by atoms with van der Waals surface area (Å²) in [4.78, 5) is 33.9. The van der Waals surface area contributed by atoms with Crippen LogP contribution in [0.4, 0.5) is 16.2 Å². The molecule has 3 rings (SSSR count). The van der Waals surface area contributed by atoms with Crippen molar-refractivity contribution < 1.29 is 9.59 Å². The lowest BCUT2D eigenvalue weighted by Crippen LogP contribution is -2.34. The summed E-state index contributed by atoms with van der Waals surface area (Å²) >= 11 is 0. The second kappa shape index (κ2) is 9.59. The molecule has 0 saturated carbocycles. The van der Waals surface area contributed by atoms with E-state index in [9.17, 15) is 9.59 Å². The lowest BCUT2D eigenvalue weighted by Gasteiger charge is -2.14. The van der Waals surface area contributed by atoms with E-state index in [1.807, 2.05) is 47.6 Å². The van der Waals surface area contributed by atoms with Gasteiger partial charge in [-0.05, 0) is 59.7 Å². The molecule has 32 heavy (non-hydrogen) atoms. The highest BCUT2D eigenvalue weighted by atomic mass is 16.2. The van der Waals surface area contributed by atoms with Crippen molar-refractivity contribution in [3.63, 3.8) is 0 Å². The van der Waals surface area contributed by atoms with Crippen molar-refractivity contribution in [1.29, 1.82) is 0 Å². The second-order valence-corrected chi connectivity index (χ2v) is 8.04. The lowest BCUT2D eigenvalue weighted by atomic mass is 10.1. The van der Waals surface area contributed by atoms with Gasteiger partial charge in [0.15, 0.2) is 0 Å². The maximum absolute atomic E-state index is 12.8. The molecule has 2 aromatic heterocycles. The van der Waals surface area contributed by atoms with Gasteiger partial charge < -0.3 is 16.0 Å². The summed E-state index contributed by atoms with van der Waals surface area (Å²) in [6, 6.07) is 8.65. The van der Waals surface area contributed by atoms with Crippen LogP contribution in [0.3, 0.4) is 0 Å². The molecule has 0 atom stereocenters. The molecule has 3 amide bonds. The molecule has 3 N–H and O–H groups in total. The number of anilines is 2. The molecule has 0 aliphatic rings. The Morgan fingerprint density at radius 1 is 0.969 bits per heavy atom. The summed E-state index contributed by atoms with van der Waals surface area (Å²) in [6.07, 6.45) is 0.134. The van der Waals surface area contributed by atoms with Crippen molar-refractivity contribution >= 4 is 23.3 Å². The predicted octanol–water partition coefficient (Wildman–Crippen LogP) is 3.61. The molecule has 0 spiro atoms. The van der Waals surface area contributed by atoms with E-state index in [0.717, 1.165) is 28.3 Å². The van der Waals surface area contributed by atoms with Crippen LogP contribution in [0, 0.1) is 27.7 Å². The van der Waals surface area contributed by atoms with Crippen LogP contribution in [0.5, 0.6) is 0 Å². The fourth-order valence-corrected chi connectivity index (χ4v) is 3.40. The molecule has 0 saturated heterocycles. The minimum atomic E-state index is -0.330. The Morgan fingerprint density at radius 2 is 1.56 bits per heavy atom. The Bertz CT molecular complexity index is 1130. The van der Waals surface area contributed by atoms with E-state index in [1.165, 1.54) is 0 Å². The van der Waals surface area contributed by atoms with Crippen LogP contribution >= 0.6 is 0 Å². The highest BCUT2D eigenvalue weighted by Crippen LogP contribution is 2.22. The van der Waals surface area contributed by atoms with Gasteiger partial charge in [-0.25, -0.2) is 19.4 Å². The number of rotatable bonds is 6. The largest absolute Gasteiger partial charge is 0.336 e. The van der Waals surface area contributed by atoms with Crippen molar-refractivity contribution in [2.24, 2.45) is 0 Å². The summed E-state index contributed by atoms with van der Waals surface area (Å²) in [7, 11) is 0. The lowest BCUT2D eigenvalue weighted by molar-refractivity contribution is -0.115. The standard InChI is InChI=1S/C23H29N7O2/c1-13(2)24-23(32)28-20-10-8-7-9-19(20)27-21(31)12-18-16(5)29-30(17(18)6)22-25-14(3)11-15(4)26-22/h7-11,13H,12H2,1-6H3,(H,27,31)(H2,24,28,32). The topological polar surface area (TPSA) is 114 Å². The van der Waals surface area contributed by atoms with Gasteiger partial charge in [0.2, 0.25) is 5.91 Å². The number of urea groups is 1. The van der Waals surface area contributed by atoms with E-state index in [1.54, 1.807) is 28.9 Å². The van der Waals surface area contributed by atoms with E-state index < -0.39 is 0 Å². The third-order valence-corrected chi connectivity index (χ3v) is 4.81. The maximum Gasteiger partial charge on any atom is 0.319 e. The van der Waals surface area contributed by atoms with Crippen molar-refractivity contribution in [3.05, 3.63) is 58.7 Å². The number of benzene rings is 1. The zero-order valence-corrected chi connectivity index (χ0v) is 19.3. The highest BCUT2D eigenvalue weighted by Gasteiger charge is 2.18. The van der Waals surface area contributed by atoms with Crippen molar-refractivity contribution in [2.75, 3.05) is 10.6 Å². The van der Waals surface area contributed by atoms with Crippen LogP contribution in [-0.2, 0) is 11.2 Å². The van der Waals surface area contributed by atoms with Crippen LogP contribution in [0.2, 0.25) is 0 Å². The number of carbonyl (C=O) groups excluding carboxylic acids is 2. The minimum absolute atomic E-state index is 0.000379. The Kier molecular flexibility index (Phi) is 6.87. The average molecular weight is 436 g/mol. The number of nitrogens with zero attached hydrogens (tertiary/aromatic N) is 4. The van der Waals surface area contributed by atoms with Gasteiger partial charge in [-0.15, -0.1) is 0 Å². The number of para-hydroxylation sites is 2. The Balaban J connectivity index is 1.78. The molecular formula is C23H29N7O2. The van der Waals surface area contributed by atoms with Crippen molar-refractivity contribution in [2.45, 2.75) is 54.0 Å². The number of hydrogen-bond acceptors (Lipinski definition) is 5. The van der Waals surface area contributed by atoms with Gasteiger partial charge >= 0.3 is 6.03 Å². The van der Waals surface area contributed by atoms with Gasteiger partial charge in [-0.2, -0.15) is 5.10 Å². The van der Waals surface area contributed by atoms with E-state index in [4.69, 9.17) is 0 Å². The molecule has 1 aromatic carbocycles. The summed E-state index contributed by atoms with van der Waals surface area (Å²) in [5, 5.41) is 13.0. The second-order valence-electron chi connectivity index (χ2n) is 8.04. The normalized spacial score (nSPS) is 10.8. The summed E-state index contributed by atoms with van der Waals surface area (Å²) < 4.78 is 1.67. The summed E-state index contributed by atoms with van der Waals surface area (Å²) in [5.74, 6) is 0.274. The van der Waals surface area contributed by atoms with Gasteiger partial charge in [0.25, 0.3) is 5.95 Å². The minimum Gasteiger partial charge on any atom is -0.336 e. The van der Waals surface area contributed by atoms with Crippen molar-refractivity contribution in [1.82, 2.24) is 25.1 Å². The highest BCUT2D eigenvalue weighted by molar-refractivity contribution is 5.99. The number of aromatic nitrogens is 4. The summed E-state index contributed by atoms with van der Waals surface area (Å²) in [6.45, 7) is 11.3. The molecule has 0 aliphatic heterocycles. The number of amides is 3. The van der Waals surface area contributed by atoms with E-state index in [2.05, 4.69) is 31.0 Å². The predicted molar refractivity (Wildman–Crippen MR) is 124 cm³/mol. The van der Waals surface area contributed by atoms with Gasteiger partial charge in [-0.3, -0.25) is 4.79 Å². The quantitative estimate of drug-likeness (QED) is 0.547. The zero-order chi connectivity index (χ0) is 23.4. The summed E-state index contributed by atoms with van der Waals surface area (Å²) in [5.41, 5.74) is 5.11. The number of nitrogens with one attached hydrogen (secondary N) is 3. The van der Waals surface area contributed by atoms with Crippen LogP contribution in [0.1, 0.15) is 42.2 Å². The van der Waals surface area contributed by atoms with Gasteiger partial charge in [0, 0.05) is 28.7 Å². The van der Waals surface area contributed by atoms with Crippen molar-refractivity contribution in [3.8, 4) is 5.95 Å². The number of carbonyl (C=O) groups is 2. The smallest absolute Gasteiger partial charge is 0.319 e. The van der Waals surface area contributed by atoms with E-state index in [0.29, 0.717) is 17.3 Å². The van der Waals surface area contributed by atoms with Crippen LogP contribution in [-0.4, -0.2) is 37.7 Å². The van der Waals surface area contributed by atoms with E-state index in [-0.39, 0.29) is 24.4 Å². The molecular weight excluding hydrogens is 406 g/mol. The first kappa shape index (κ1) is 22.9. The Labute approximate surface area is 187 Å². The average Bonchev–Trinajstić information content (AvgIpc) is 2.96. The molecule has 0 fully saturated rings. The zero-order valence-electron chi connectivity index (χ0n) is 19.3. The Morgan fingerprint density at radius 3 is 2.16 bits per heavy atom. The first-order valence-electron chi connectivity index (χ1n) is 10.5. The maximum atomic E-state index is 12.8. The molecule has 168 valence electrons. The first-order valence-corrected chi connectivity index (χ1v) is 10.5. The van der Waals surface area contributed by atoms with Gasteiger partial charge in [0.05, 0.1) is 23.5 Å².